The van der Waals surface area contributed by atoms with Crippen LogP contribution in [0.2, 0.25) is 0 Å². The van der Waals surface area contributed by atoms with Gasteiger partial charge < -0.3 is 14.8 Å². The third kappa shape index (κ3) is 6.22. The molecule has 0 radical (unpaired) electrons. The van der Waals surface area contributed by atoms with Crippen molar-refractivity contribution in [2.24, 2.45) is 0 Å². The molecule has 10 heteroatoms. The zero-order valence-corrected chi connectivity index (χ0v) is 15.4. The van der Waals surface area contributed by atoms with E-state index in [-0.39, 0.29) is 41.9 Å². The summed E-state index contributed by atoms with van der Waals surface area (Å²) in [6.07, 6.45) is -4.41. The minimum absolute atomic E-state index is 0. The monoisotopic (exact) mass is 404 g/mol. The first-order valence-electron chi connectivity index (χ1n) is 7.20. The summed E-state index contributed by atoms with van der Waals surface area (Å²) in [6.45, 7) is 2.84. The average Bonchev–Trinajstić information content (AvgIpc) is 2.48. The molecule has 1 atom stereocenters. The summed E-state index contributed by atoms with van der Waals surface area (Å²) < 4.78 is 50.6. The van der Waals surface area contributed by atoms with E-state index in [9.17, 15) is 18.0 Å². The summed E-state index contributed by atoms with van der Waals surface area (Å²) in [7, 11) is 1.32. The van der Waals surface area contributed by atoms with Crippen LogP contribution < -0.4 is 14.8 Å². The van der Waals surface area contributed by atoms with Gasteiger partial charge in [0, 0.05) is 33.1 Å². The standard InChI is InChI=1S/C15H19F3N2O3.2ClH/c1-10(21)23-12-4-3-11(9-13(12)22-2)14(15(16,17)18)20-7-5-19-6-8-20;;/h3-4,9,14,19H,5-8H2,1-2H3;2*1H/t14-;;/m1../s1. The lowest BCUT2D eigenvalue weighted by molar-refractivity contribution is -0.187. The lowest BCUT2D eigenvalue weighted by atomic mass is 10.0. The summed E-state index contributed by atoms with van der Waals surface area (Å²) in [6, 6.07) is 2.21. The van der Waals surface area contributed by atoms with E-state index >= 15 is 0 Å². The molecule has 1 fully saturated rings. The first kappa shape index (κ1) is 23.8. The Hall–Kier alpha value is -1.22. The van der Waals surface area contributed by atoms with Crippen LogP contribution in [0.1, 0.15) is 18.5 Å². The number of hydrogen-bond acceptors (Lipinski definition) is 5. The quantitative estimate of drug-likeness (QED) is 0.617. The highest BCUT2D eigenvalue weighted by Crippen LogP contribution is 2.40. The van der Waals surface area contributed by atoms with E-state index in [4.69, 9.17) is 9.47 Å². The smallest absolute Gasteiger partial charge is 0.408 e. The maximum absolute atomic E-state index is 13.5. The molecule has 1 N–H and O–H groups in total. The van der Waals surface area contributed by atoms with Crippen LogP contribution in [-0.4, -0.2) is 50.3 Å². The number of nitrogens with one attached hydrogen (secondary N) is 1. The molecule has 1 aliphatic heterocycles. The highest BCUT2D eigenvalue weighted by molar-refractivity contribution is 5.85. The number of esters is 1. The van der Waals surface area contributed by atoms with Gasteiger partial charge in [-0.25, -0.2) is 0 Å². The van der Waals surface area contributed by atoms with Crippen molar-refractivity contribution in [2.45, 2.75) is 19.1 Å². The SMILES string of the molecule is COc1cc([C@@H](N2CCNCC2)C(F)(F)F)ccc1OC(C)=O.Cl.Cl. The molecule has 1 aromatic rings. The molecule has 2 rings (SSSR count). The predicted molar refractivity (Wildman–Crippen MR) is 92.0 cm³/mol. The molecule has 0 bridgehead atoms. The highest BCUT2D eigenvalue weighted by Gasteiger charge is 2.45. The first-order chi connectivity index (χ1) is 10.8. The molecule has 0 aliphatic carbocycles. The van der Waals surface area contributed by atoms with E-state index in [1.165, 1.54) is 37.1 Å². The van der Waals surface area contributed by atoms with Gasteiger partial charge in [0.25, 0.3) is 0 Å². The van der Waals surface area contributed by atoms with Crippen molar-refractivity contribution in [2.75, 3.05) is 33.3 Å². The Bertz CT molecular complexity index is 567. The van der Waals surface area contributed by atoms with E-state index < -0.39 is 18.2 Å². The zero-order chi connectivity index (χ0) is 17.0. The van der Waals surface area contributed by atoms with Gasteiger partial charge in [0.05, 0.1) is 7.11 Å². The summed E-state index contributed by atoms with van der Waals surface area (Å²) >= 11 is 0. The molecule has 0 saturated carbocycles. The zero-order valence-electron chi connectivity index (χ0n) is 13.8. The normalized spacial score (nSPS) is 16.2. The Labute approximate surface area is 156 Å². The van der Waals surface area contributed by atoms with Crippen molar-refractivity contribution in [1.82, 2.24) is 10.2 Å². The van der Waals surface area contributed by atoms with Gasteiger partial charge in [-0.1, -0.05) is 6.07 Å². The van der Waals surface area contributed by atoms with E-state index in [1.54, 1.807) is 0 Å². The fourth-order valence-electron chi connectivity index (χ4n) is 2.64. The van der Waals surface area contributed by atoms with Crippen LogP contribution in [0, 0.1) is 0 Å². The van der Waals surface area contributed by atoms with Gasteiger partial charge in [0.1, 0.15) is 6.04 Å². The topological polar surface area (TPSA) is 50.8 Å². The van der Waals surface area contributed by atoms with Gasteiger partial charge in [-0.2, -0.15) is 13.2 Å². The van der Waals surface area contributed by atoms with Crippen LogP contribution in [0.4, 0.5) is 13.2 Å². The Kier molecular flexibility index (Phi) is 9.57. The van der Waals surface area contributed by atoms with Crippen molar-refractivity contribution in [3.8, 4) is 11.5 Å². The van der Waals surface area contributed by atoms with Crippen molar-refractivity contribution in [3.63, 3.8) is 0 Å². The van der Waals surface area contributed by atoms with Gasteiger partial charge in [-0.3, -0.25) is 9.69 Å². The number of alkyl halides is 3. The second-order valence-electron chi connectivity index (χ2n) is 5.23. The molecule has 5 nitrogen and oxygen atoms in total. The number of methoxy groups -OCH3 is 1. The number of ether oxygens (including phenoxy) is 2. The van der Waals surface area contributed by atoms with Crippen LogP contribution in [0.3, 0.4) is 0 Å². The Morgan fingerprint density at radius 1 is 1.20 bits per heavy atom. The number of carbonyl (C=O) groups is 1. The fraction of sp³-hybridized carbons (Fsp3) is 0.533. The molecular formula is C15H21Cl2F3N2O3. The predicted octanol–water partition coefficient (Wildman–Crippen LogP) is 2.97. The molecule has 144 valence electrons. The summed E-state index contributed by atoms with van der Waals surface area (Å²) in [5.74, 6) is -0.363. The summed E-state index contributed by atoms with van der Waals surface area (Å²) in [5, 5.41) is 3.03. The van der Waals surface area contributed by atoms with E-state index in [0.29, 0.717) is 26.2 Å². The number of carbonyl (C=O) groups excluding carboxylic acids is 1. The Morgan fingerprint density at radius 3 is 2.28 bits per heavy atom. The number of piperazine rings is 1. The van der Waals surface area contributed by atoms with Crippen LogP contribution >= 0.6 is 24.8 Å². The van der Waals surface area contributed by atoms with Gasteiger partial charge in [0.2, 0.25) is 0 Å². The van der Waals surface area contributed by atoms with E-state index in [1.807, 2.05) is 0 Å². The minimum atomic E-state index is -4.41. The lowest BCUT2D eigenvalue weighted by Crippen LogP contribution is -2.49. The molecule has 1 saturated heterocycles. The van der Waals surface area contributed by atoms with Crippen molar-refractivity contribution in [3.05, 3.63) is 23.8 Å². The molecule has 1 aliphatic rings. The second-order valence-corrected chi connectivity index (χ2v) is 5.23. The van der Waals surface area contributed by atoms with Crippen molar-refractivity contribution >= 4 is 30.8 Å². The molecule has 0 amide bonds. The van der Waals surface area contributed by atoms with Crippen molar-refractivity contribution in [1.29, 1.82) is 0 Å². The van der Waals surface area contributed by atoms with Gasteiger partial charge in [-0.05, 0) is 17.7 Å². The third-order valence-corrected chi connectivity index (χ3v) is 3.58. The molecule has 0 aromatic heterocycles. The van der Waals surface area contributed by atoms with Crippen molar-refractivity contribution < 1.29 is 27.4 Å². The molecule has 25 heavy (non-hydrogen) atoms. The number of rotatable bonds is 4. The average molecular weight is 405 g/mol. The fourth-order valence-corrected chi connectivity index (χ4v) is 2.64. The highest BCUT2D eigenvalue weighted by atomic mass is 35.5. The third-order valence-electron chi connectivity index (χ3n) is 3.58. The molecular weight excluding hydrogens is 384 g/mol. The minimum Gasteiger partial charge on any atom is -0.493 e. The van der Waals surface area contributed by atoms with Gasteiger partial charge >= 0.3 is 12.1 Å². The first-order valence-corrected chi connectivity index (χ1v) is 7.20. The molecule has 1 aromatic carbocycles. The number of benzene rings is 1. The molecule has 0 unspecified atom stereocenters. The number of halogens is 5. The Morgan fingerprint density at radius 2 is 1.80 bits per heavy atom. The maximum atomic E-state index is 13.5. The molecule has 0 spiro atoms. The van der Waals surface area contributed by atoms with E-state index in [0.717, 1.165) is 0 Å². The van der Waals surface area contributed by atoms with Crippen LogP contribution in [0.25, 0.3) is 0 Å². The summed E-state index contributed by atoms with van der Waals surface area (Å²) in [5.41, 5.74) is 0.0622. The number of hydrogen-bond donors (Lipinski definition) is 1. The second kappa shape index (κ2) is 10.1. The largest absolute Gasteiger partial charge is 0.493 e. The van der Waals surface area contributed by atoms with Gasteiger partial charge in [0.15, 0.2) is 11.5 Å². The Balaban J connectivity index is 0.00000288. The number of nitrogens with zero attached hydrogens (tertiary/aromatic N) is 1. The maximum Gasteiger partial charge on any atom is 0.408 e. The van der Waals surface area contributed by atoms with E-state index in [2.05, 4.69) is 5.32 Å². The van der Waals surface area contributed by atoms with Crippen LogP contribution in [0.15, 0.2) is 18.2 Å². The lowest BCUT2D eigenvalue weighted by Gasteiger charge is -2.36. The molecule has 1 heterocycles. The van der Waals surface area contributed by atoms with Gasteiger partial charge in [-0.15, -0.1) is 24.8 Å². The van der Waals surface area contributed by atoms with Crippen LogP contribution in [-0.2, 0) is 4.79 Å². The van der Waals surface area contributed by atoms with Crippen LogP contribution in [0.5, 0.6) is 11.5 Å². The summed E-state index contributed by atoms with van der Waals surface area (Å²) in [4.78, 5) is 12.4.